The Balaban J connectivity index is -0.000000284. The van der Waals surface area contributed by atoms with Crippen molar-refractivity contribution in [1.29, 1.82) is 0 Å². The van der Waals surface area contributed by atoms with E-state index >= 15 is 0 Å². The fourth-order valence-electron chi connectivity index (χ4n) is 1.11. The number of hydrogen-bond acceptors (Lipinski definition) is 4. The van der Waals surface area contributed by atoms with E-state index in [4.69, 9.17) is 20.4 Å². The number of rotatable bonds is 9. The van der Waals surface area contributed by atoms with Gasteiger partial charge < -0.3 is 20.4 Å². The zero-order chi connectivity index (χ0) is 18.8. The lowest BCUT2D eigenvalue weighted by Gasteiger charge is -2.02. The Morgan fingerprint density at radius 1 is 0.826 bits per heavy atom. The van der Waals surface area contributed by atoms with Crippen molar-refractivity contribution in [3.8, 4) is 0 Å². The quantitative estimate of drug-likeness (QED) is 0.292. The van der Waals surface area contributed by atoms with Gasteiger partial charge in [0, 0.05) is 11.1 Å². The second-order valence-electron chi connectivity index (χ2n) is 5.21. The third kappa shape index (κ3) is 33.3. The molecule has 0 bridgehead atoms. The van der Waals surface area contributed by atoms with Gasteiger partial charge in [0.05, 0.1) is 0 Å². The highest BCUT2D eigenvalue weighted by molar-refractivity contribution is 5.85. The predicted molar refractivity (Wildman–Crippen MR) is 91.1 cm³/mol. The van der Waals surface area contributed by atoms with Crippen molar-refractivity contribution in [3.63, 3.8) is 0 Å². The predicted octanol–water partition coefficient (Wildman–Crippen LogP) is 3.34. The van der Waals surface area contributed by atoms with Gasteiger partial charge in [-0.05, 0) is 26.7 Å². The molecule has 0 fully saturated rings. The summed E-state index contributed by atoms with van der Waals surface area (Å²) < 4.78 is 0. The van der Waals surface area contributed by atoms with Crippen molar-refractivity contribution in [2.75, 3.05) is 0 Å². The molecule has 0 saturated carbocycles. The van der Waals surface area contributed by atoms with E-state index in [1.807, 2.05) is 0 Å². The van der Waals surface area contributed by atoms with Crippen LogP contribution in [0.15, 0.2) is 24.3 Å². The maximum atomic E-state index is 9.60. The van der Waals surface area contributed by atoms with Gasteiger partial charge in [-0.15, -0.1) is 0 Å². The van der Waals surface area contributed by atoms with Crippen LogP contribution < -0.4 is 0 Å². The van der Waals surface area contributed by atoms with Gasteiger partial charge in [0.25, 0.3) is 0 Å². The molecule has 0 aromatic carbocycles. The van der Waals surface area contributed by atoms with Crippen LogP contribution >= 0.6 is 0 Å². The zero-order valence-corrected chi connectivity index (χ0v) is 14.5. The molecule has 6 nitrogen and oxygen atoms in total. The lowest BCUT2D eigenvalue weighted by molar-refractivity contribution is -0.133. The van der Waals surface area contributed by atoms with Crippen LogP contribution in [0.1, 0.15) is 65.7 Å². The van der Waals surface area contributed by atoms with E-state index in [9.17, 15) is 9.59 Å². The van der Waals surface area contributed by atoms with E-state index in [1.54, 1.807) is 0 Å². The van der Waals surface area contributed by atoms with E-state index in [2.05, 4.69) is 20.1 Å². The van der Waals surface area contributed by atoms with Crippen LogP contribution in [0.2, 0.25) is 0 Å². The van der Waals surface area contributed by atoms with E-state index in [0.29, 0.717) is 6.42 Å². The van der Waals surface area contributed by atoms with Gasteiger partial charge in [0.1, 0.15) is 0 Å². The second kappa shape index (κ2) is 18.4. The lowest BCUT2D eigenvalue weighted by Crippen LogP contribution is -2.02. The van der Waals surface area contributed by atoms with E-state index in [0.717, 1.165) is 12.8 Å². The minimum Gasteiger partial charge on any atom is -0.478 e. The van der Waals surface area contributed by atoms with Gasteiger partial charge in [-0.25, -0.2) is 9.59 Å². The first-order valence-electron chi connectivity index (χ1n) is 7.69. The molecule has 0 spiro atoms. The first-order chi connectivity index (χ1) is 10.6. The average molecular weight is 332 g/mol. The van der Waals surface area contributed by atoms with Crippen LogP contribution in [0.25, 0.3) is 0 Å². The van der Waals surface area contributed by atoms with Crippen LogP contribution in [0, 0.1) is 0 Å². The Morgan fingerprint density at radius 2 is 1.13 bits per heavy atom. The molecule has 4 N–H and O–H groups in total. The molecule has 0 saturated heterocycles. The summed E-state index contributed by atoms with van der Waals surface area (Å²) in [4.78, 5) is 19.2. The summed E-state index contributed by atoms with van der Waals surface area (Å²) in [5, 5.41) is 32.8. The highest BCUT2D eigenvalue weighted by Gasteiger charge is 1.95. The molecule has 0 aromatic rings. The number of aliphatic carboxylic acids is 2. The molecule has 6 heteroatoms. The van der Waals surface area contributed by atoms with Gasteiger partial charge in [-0.2, -0.15) is 0 Å². The van der Waals surface area contributed by atoms with Crippen LogP contribution in [0.3, 0.4) is 0 Å². The van der Waals surface area contributed by atoms with Gasteiger partial charge >= 0.3 is 11.9 Å². The van der Waals surface area contributed by atoms with Crippen LogP contribution in [0.5, 0.6) is 0 Å². The molecule has 0 aromatic heterocycles. The SMILES string of the molecule is C=C(C)C(=O)O.C=C(C)C(=O)O.CCCCCCCCC(O)O. The molecule has 0 aliphatic heterocycles. The minimum absolute atomic E-state index is 0.176. The van der Waals surface area contributed by atoms with E-state index in [-0.39, 0.29) is 11.1 Å². The topological polar surface area (TPSA) is 115 Å². The number of carbonyl (C=O) groups is 2. The molecular weight excluding hydrogens is 300 g/mol. The standard InChI is InChI=1S/C9H20O2.2C4H6O2/c1-2-3-4-5-6-7-8-9(10)11;2*1-3(2)4(5)6/h9-11H,2-8H2,1H3;2*1H2,2H3,(H,5,6). The minimum atomic E-state index is -1.10. The van der Waals surface area contributed by atoms with Gasteiger partial charge in [-0.3, -0.25) is 0 Å². The number of carboxylic acid groups (broad SMARTS) is 2. The highest BCUT2D eigenvalue weighted by Crippen LogP contribution is 2.07. The zero-order valence-electron chi connectivity index (χ0n) is 14.5. The molecule has 0 rings (SSSR count). The molecule has 0 aliphatic carbocycles. The van der Waals surface area contributed by atoms with E-state index < -0.39 is 18.2 Å². The maximum Gasteiger partial charge on any atom is 0.330 e. The van der Waals surface area contributed by atoms with Crippen LogP contribution in [-0.2, 0) is 9.59 Å². The summed E-state index contributed by atoms with van der Waals surface area (Å²) in [5.41, 5.74) is 0.352. The molecule has 0 unspecified atom stereocenters. The Bertz CT molecular complexity index is 299. The Kier molecular flexibility index (Phi) is 21.0. The molecule has 0 aliphatic rings. The molecule has 23 heavy (non-hydrogen) atoms. The van der Waals surface area contributed by atoms with Crippen molar-refractivity contribution in [3.05, 3.63) is 24.3 Å². The summed E-state index contributed by atoms with van der Waals surface area (Å²) in [6.07, 6.45) is 6.62. The van der Waals surface area contributed by atoms with Crippen molar-refractivity contribution in [1.82, 2.24) is 0 Å². The molecule has 0 radical (unpaired) electrons. The van der Waals surface area contributed by atoms with Crippen LogP contribution in [-0.4, -0.2) is 38.7 Å². The average Bonchev–Trinajstić information content (AvgIpc) is 2.43. The second-order valence-corrected chi connectivity index (χ2v) is 5.21. The summed E-state index contributed by atoms with van der Waals surface area (Å²) in [6, 6.07) is 0. The monoisotopic (exact) mass is 332 g/mol. The first kappa shape index (κ1) is 26.2. The van der Waals surface area contributed by atoms with Crippen LogP contribution in [0.4, 0.5) is 0 Å². The fraction of sp³-hybridized carbons (Fsp3) is 0.647. The third-order valence-corrected chi connectivity index (χ3v) is 2.55. The normalized spacial score (nSPS) is 9.13. The number of unbranched alkanes of at least 4 members (excludes halogenated alkanes) is 5. The van der Waals surface area contributed by atoms with Crippen molar-refractivity contribution < 1.29 is 30.0 Å². The van der Waals surface area contributed by atoms with Crippen molar-refractivity contribution >= 4 is 11.9 Å². The molecule has 0 amide bonds. The largest absolute Gasteiger partial charge is 0.478 e. The Labute approximate surface area is 139 Å². The van der Waals surface area contributed by atoms with Gasteiger partial charge in [0.2, 0.25) is 0 Å². The Morgan fingerprint density at radius 3 is 1.39 bits per heavy atom. The fourth-order valence-corrected chi connectivity index (χ4v) is 1.11. The molecule has 136 valence electrons. The molecule has 0 heterocycles. The number of carboxylic acids is 2. The summed E-state index contributed by atoms with van der Waals surface area (Å²) in [7, 11) is 0. The van der Waals surface area contributed by atoms with E-state index in [1.165, 1.54) is 39.5 Å². The summed E-state index contributed by atoms with van der Waals surface area (Å²) in [6.45, 7) is 11.4. The molecule has 0 atom stereocenters. The molecular formula is C17H32O6. The number of aliphatic hydroxyl groups is 2. The van der Waals surface area contributed by atoms with Crippen molar-refractivity contribution in [2.24, 2.45) is 0 Å². The van der Waals surface area contributed by atoms with Gasteiger partial charge in [-0.1, -0.05) is 52.2 Å². The lowest BCUT2D eigenvalue weighted by atomic mass is 10.1. The number of hydrogen-bond donors (Lipinski definition) is 4. The van der Waals surface area contributed by atoms with Gasteiger partial charge in [0.15, 0.2) is 6.29 Å². The smallest absolute Gasteiger partial charge is 0.330 e. The first-order valence-corrected chi connectivity index (χ1v) is 7.69. The third-order valence-electron chi connectivity index (χ3n) is 2.55. The summed E-state index contributed by atoms with van der Waals surface area (Å²) in [5.74, 6) is -1.87. The highest BCUT2D eigenvalue weighted by atomic mass is 16.5. The van der Waals surface area contributed by atoms with Crippen molar-refractivity contribution in [2.45, 2.75) is 72.0 Å². The Hall–Kier alpha value is -1.66. The number of aliphatic hydroxyl groups excluding tert-OH is 1. The summed E-state index contributed by atoms with van der Waals surface area (Å²) >= 11 is 0. The maximum absolute atomic E-state index is 9.60.